The van der Waals surface area contributed by atoms with Crippen molar-refractivity contribution in [2.45, 2.75) is 6.42 Å². The van der Waals surface area contributed by atoms with Crippen LogP contribution in [0.25, 0.3) is 0 Å². The molecule has 0 bridgehead atoms. The minimum absolute atomic E-state index is 0.0496. The zero-order valence-corrected chi connectivity index (χ0v) is 10.6. The van der Waals surface area contributed by atoms with Gasteiger partial charge in [0.05, 0.1) is 17.7 Å². The lowest BCUT2D eigenvalue weighted by molar-refractivity contribution is -0.119. The monoisotopic (exact) mass is 272 g/mol. The van der Waals surface area contributed by atoms with E-state index in [1.54, 1.807) is 24.3 Å². The lowest BCUT2D eigenvalue weighted by Crippen LogP contribution is -2.32. The summed E-state index contributed by atoms with van der Waals surface area (Å²) in [6.07, 6.45) is 0.0712. The summed E-state index contributed by atoms with van der Waals surface area (Å²) in [6, 6.07) is 12.9. The summed E-state index contributed by atoms with van der Waals surface area (Å²) in [7, 11) is 0. The van der Waals surface area contributed by atoms with E-state index in [0.29, 0.717) is 0 Å². The molecule has 0 aliphatic heterocycles. The van der Waals surface area contributed by atoms with Crippen LogP contribution in [-0.4, -0.2) is 11.8 Å². The number of carbonyl (C=O) groups is 2. The Labute approximate surface area is 115 Å². The van der Waals surface area contributed by atoms with Crippen LogP contribution in [-0.2, 0) is 11.2 Å². The SMILES string of the molecule is Nc1c(F)cccc1C(=O)NC(=O)Cc1ccccc1. The van der Waals surface area contributed by atoms with Crippen LogP contribution in [0.3, 0.4) is 0 Å². The predicted octanol–water partition coefficient (Wildman–Crippen LogP) is 1.91. The molecule has 0 saturated carbocycles. The average Bonchev–Trinajstić information content (AvgIpc) is 2.42. The Balaban J connectivity index is 2.04. The second kappa shape index (κ2) is 5.97. The van der Waals surface area contributed by atoms with Gasteiger partial charge in [0.25, 0.3) is 5.91 Å². The van der Waals surface area contributed by atoms with E-state index in [-0.39, 0.29) is 17.7 Å². The lowest BCUT2D eigenvalue weighted by atomic mass is 10.1. The summed E-state index contributed by atoms with van der Waals surface area (Å²) in [5.74, 6) is -1.86. The number of anilines is 1. The highest BCUT2D eigenvalue weighted by Crippen LogP contribution is 2.15. The number of hydrogen-bond donors (Lipinski definition) is 2. The molecule has 0 aliphatic rings. The molecule has 0 heterocycles. The number of rotatable bonds is 3. The van der Waals surface area contributed by atoms with Crippen LogP contribution in [0.15, 0.2) is 48.5 Å². The molecule has 102 valence electrons. The summed E-state index contributed by atoms with van der Waals surface area (Å²) in [5, 5.41) is 2.19. The predicted molar refractivity (Wildman–Crippen MR) is 73.4 cm³/mol. The molecule has 0 aromatic heterocycles. The fourth-order valence-electron chi connectivity index (χ4n) is 1.75. The third-order valence-electron chi connectivity index (χ3n) is 2.76. The topological polar surface area (TPSA) is 72.2 Å². The maximum atomic E-state index is 13.2. The van der Waals surface area contributed by atoms with Crippen molar-refractivity contribution in [2.75, 3.05) is 5.73 Å². The Kier molecular flexibility index (Phi) is 4.10. The van der Waals surface area contributed by atoms with Gasteiger partial charge >= 0.3 is 0 Å². The minimum atomic E-state index is -0.706. The first-order chi connectivity index (χ1) is 9.58. The van der Waals surface area contributed by atoms with Crippen LogP contribution in [0.5, 0.6) is 0 Å². The third kappa shape index (κ3) is 3.20. The molecule has 2 aromatic carbocycles. The fraction of sp³-hybridized carbons (Fsp3) is 0.0667. The van der Waals surface area contributed by atoms with Crippen molar-refractivity contribution in [1.82, 2.24) is 5.32 Å². The Morgan fingerprint density at radius 3 is 2.45 bits per heavy atom. The number of amides is 2. The molecule has 3 N–H and O–H groups in total. The molecule has 0 fully saturated rings. The first-order valence-electron chi connectivity index (χ1n) is 6.00. The van der Waals surface area contributed by atoms with Crippen LogP contribution in [0.2, 0.25) is 0 Å². The Morgan fingerprint density at radius 2 is 1.75 bits per heavy atom. The van der Waals surface area contributed by atoms with Gasteiger partial charge in [0, 0.05) is 0 Å². The molecule has 0 saturated heterocycles. The molecular formula is C15H13FN2O2. The van der Waals surface area contributed by atoms with E-state index in [1.165, 1.54) is 12.1 Å². The highest BCUT2D eigenvalue weighted by atomic mass is 19.1. The molecule has 2 amide bonds. The molecule has 2 rings (SSSR count). The molecule has 0 radical (unpaired) electrons. The Bertz CT molecular complexity index is 642. The standard InChI is InChI=1S/C15H13FN2O2/c16-12-8-4-7-11(14(12)17)15(20)18-13(19)9-10-5-2-1-3-6-10/h1-8H,9,17H2,(H,18,19,20). The number of carbonyl (C=O) groups excluding carboxylic acids is 2. The van der Waals surface area contributed by atoms with Gasteiger partial charge in [0.1, 0.15) is 5.82 Å². The van der Waals surface area contributed by atoms with Gasteiger partial charge in [0.15, 0.2) is 0 Å². The second-order valence-electron chi connectivity index (χ2n) is 4.24. The summed E-state index contributed by atoms with van der Waals surface area (Å²) in [4.78, 5) is 23.6. The number of halogens is 1. The van der Waals surface area contributed by atoms with Crippen molar-refractivity contribution < 1.29 is 14.0 Å². The molecule has 5 heteroatoms. The Morgan fingerprint density at radius 1 is 1.05 bits per heavy atom. The summed E-state index contributed by atoms with van der Waals surface area (Å²) in [6.45, 7) is 0. The van der Waals surface area contributed by atoms with E-state index in [0.717, 1.165) is 11.6 Å². The molecule has 4 nitrogen and oxygen atoms in total. The quantitative estimate of drug-likeness (QED) is 0.838. The zero-order valence-electron chi connectivity index (χ0n) is 10.6. The fourth-order valence-corrected chi connectivity index (χ4v) is 1.75. The summed E-state index contributed by atoms with van der Waals surface area (Å²) >= 11 is 0. The van der Waals surface area contributed by atoms with Crippen molar-refractivity contribution >= 4 is 17.5 Å². The highest BCUT2D eigenvalue weighted by molar-refractivity contribution is 6.07. The van der Waals surface area contributed by atoms with Gasteiger partial charge in [-0.05, 0) is 17.7 Å². The van der Waals surface area contributed by atoms with Crippen molar-refractivity contribution in [2.24, 2.45) is 0 Å². The maximum Gasteiger partial charge on any atom is 0.260 e. The largest absolute Gasteiger partial charge is 0.396 e. The van der Waals surface area contributed by atoms with Gasteiger partial charge in [-0.3, -0.25) is 14.9 Å². The van der Waals surface area contributed by atoms with Gasteiger partial charge in [-0.15, -0.1) is 0 Å². The van der Waals surface area contributed by atoms with E-state index in [1.807, 2.05) is 6.07 Å². The summed E-state index contributed by atoms with van der Waals surface area (Å²) < 4.78 is 13.2. The molecule has 0 unspecified atom stereocenters. The smallest absolute Gasteiger partial charge is 0.260 e. The van der Waals surface area contributed by atoms with Crippen LogP contribution in [0.4, 0.5) is 10.1 Å². The van der Waals surface area contributed by atoms with Gasteiger partial charge < -0.3 is 5.73 Å². The van der Waals surface area contributed by atoms with Crippen LogP contribution >= 0.6 is 0 Å². The van der Waals surface area contributed by atoms with Crippen LogP contribution in [0, 0.1) is 5.82 Å². The average molecular weight is 272 g/mol. The number of para-hydroxylation sites is 1. The molecular weight excluding hydrogens is 259 g/mol. The van der Waals surface area contributed by atoms with E-state index in [4.69, 9.17) is 5.73 Å². The second-order valence-corrected chi connectivity index (χ2v) is 4.24. The first kappa shape index (κ1) is 13.7. The van der Waals surface area contributed by atoms with Gasteiger partial charge in [-0.25, -0.2) is 4.39 Å². The molecule has 0 atom stereocenters. The number of hydrogen-bond acceptors (Lipinski definition) is 3. The number of benzene rings is 2. The molecule has 2 aromatic rings. The maximum absolute atomic E-state index is 13.2. The Hall–Kier alpha value is -2.69. The molecule has 20 heavy (non-hydrogen) atoms. The first-order valence-corrected chi connectivity index (χ1v) is 6.00. The van der Waals surface area contributed by atoms with Gasteiger partial charge in [-0.1, -0.05) is 36.4 Å². The van der Waals surface area contributed by atoms with E-state index < -0.39 is 17.6 Å². The van der Waals surface area contributed by atoms with Crippen LogP contribution < -0.4 is 11.1 Å². The van der Waals surface area contributed by atoms with Crippen molar-refractivity contribution in [3.63, 3.8) is 0 Å². The summed E-state index contributed by atoms with van der Waals surface area (Å²) in [5.41, 5.74) is 5.93. The molecule has 0 spiro atoms. The lowest BCUT2D eigenvalue weighted by Gasteiger charge is -2.07. The van der Waals surface area contributed by atoms with E-state index >= 15 is 0 Å². The van der Waals surface area contributed by atoms with Crippen molar-refractivity contribution in [1.29, 1.82) is 0 Å². The number of nitrogen functional groups attached to an aromatic ring is 1. The third-order valence-corrected chi connectivity index (χ3v) is 2.76. The molecule has 0 aliphatic carbocycles. The number of imide groups is 1. The van der Waals surface area contributed by atoms with Gasteiger partial charge in [0.2, 0.25) is 5.91 Å². The van der Waals surface area contributed by atoms with Crippen molar-refractivity contribution in [3.8, 4) is 0 Å². The van der Waals surface area contributed by atoms with E-state index in [9.17, 15) is 14.0 Å². The van der Waals surface area contributed by atoms with Crippen molar-refractivity contribution in [3.05, 3.63) is 65.5 Å². The minimum Gasteiger partial charge on any atom is -0.396 e. The highest BCUT2D eigenvalue weighted by Gasteiger charge is 2.15. The zero-order chi connectivity index (χ0) is 14.5. The number of nitrogens with one attached hydrogen (secondary N) is 1. The normalized spacial score (nSPS) is 10.1. The van der Waals surface area contributed by atoms with E-state index in [2.05, 4.69) is 5.32 Å². The van der Waals surface area contributed by atoms with Crippen LogP contribution in [0.1, 0.15) is 15.9 Å². The van der Waals surface area contributed by atoms with Gasteiger partial charge in [-0.2, -0.15) is 0 Å². The number of nitrogens with two attached hydrogens (primary N) is 1.